The van der Waals surface area contributed by atoms with E-state index >= 15 is 0 Å². The van der Waals surface area contributed by atoms with Crippen LogP contribution in [0.4, 0.5) is 5.69 Å². The molecule has 1 heterocycles. The van der Waals surface area contributed by atoms with Crippen molar-refractivity contribution in [3.8, 4) is 17.6 Å². The molecule has 28 heavy (non-hydrogen) atoms. The van der Waals surface area contributed by atoms with Gasteiger partial charge in [0.2, 0.25) is 0 Å². The molecular weight excluding hydrogens is 372 g/mol. The van der Waals surface area contributed by atoms with E-state index in [0.717, 1.165) is 16.3 Å². The first-order chi connectivity index (χ1) is 13.6. The molecule has 6 heteroatoms. The fourth-order valence-corrected chi connectivity index (χ4v) is 3.39. The van der Waals surface area contributed by atoms with Gasteiger partial charge < -0.3 is 14.4 Å². The van der Waals surface area contributed by atoms with Crippen LogP contribution in [0.25, 0.3) is 0 Å². The Kier molecular flexibility index (Phi) is 6.30. The summed E-state index contributed by atoms with van der Waals surface area (Å²) in [6.07, 6.45) is -0.685. The average Bonchev–Trinajstić information content (AvgIpc) is 3.25. The molecule has 0 saturated carbocycles. The molecule has 2 aromatic carbocycles. The van der Waals surface area contributed by atoms with E-state index in [4.69, 9.17) is 14.7 Å². The van der Waals surface area contributed by atoms with Crippen LogP contribution >= 0.6 is 11.3 Å². The molecule has 0 radical (unpaired) electrons. The molecule has 0 aliphatic carbocycles. The minimum absolute atomic E-state index is 0.150. The second kappa shape index (κ2) is 9.07. The molecule has 0 bridgehead atoms. The van der Waals surface area contributed by atoms with Crippen LogP contribution in [0.5, 0.6) is 11.5 Å². The summed E-state index contributed by atoms with van der Waals surface area (Å²) in [7, 11) is 1.61. The SMILES string of the molecule is COc1ccc(N(Cc2cccs2)C(=O)C(C)Oc2ccc(C#N)cc2)cc1. The topological polar surface area (TPSA) is 62.6 Å². The largest absolute Gasteiger partial charge is 0.497 e. The van der Waals surface area contributed by atoms with Gasteiger partial charge in [0.1, 0.15) is 11.5 Å². The van der Waals surface area contributed by atoms with Crippen molar-refractivity contribution in [2.45, 2.75) is 19.6 Å². The van der Waals surface area contributed by atoms with E-state index in [0.29, 0.717) is 17.9 Å². The third-order valence-corrected chi connectivity index (χ3v) is 5.05. The first-order valence-electron chi connectivity index (χ1n) is 8.75. The van der Waals surface area contributed by atoms with Gasteiger partial charge in [-0.05, 0) is 66.9 Å². The molecule has 142 valence electrons. The number of rotatable bonds is 7. The Balaban J connectivity index is 1.80. The molecule has 1 atom stereocenters. The molecule has 1 aromatic heterocycles. The average molecular weight is 392 g/mol. The number of hydrogen-bond donors (Lipinski definition) is 0. The lowest BCUT2D eigenvalue weighted by atomic mass is 10.2. The Labute approximate surface area is 168 Å². The van der Waals surface area contributed by atoms with Crippen LogP contribution in [-0.4, -0.2) is 19.1 Å². The second-order valence-corrected chi connectivity index (χ2v) is 7.13. The Morgan fingerprint density at radius 1 is 1.11 bits per heavy atom. The number of amides is 1. The summed E-state index contributed by atoms with van der Waals surface area (Å²) in [5.74, 6) is 1.13. The molecule has 0 N–H and O–H groups in total. The van der Waals surface area contributed by atoms with Crippen molar-refractivity contribution in [2.75, 3.05) is 12.0 Å². The standard InChI is InChI=1S/C22H20N2O3S/c1-16(27-20-9-5-17(14-23)6-10-20)22(25)24(15-21-4-3-13-28-21)18-7-11-19(26-2)12-8-18/h3-13,16H,15H2,1-2H3. The maximum absolute atomic E-state index is 13.2. The first kappa shape index (κ1) is 19.5. The normalized spacial score (nSPS) is 11.3. The fourth-order valence-electron chi connectivity index (χ4n) is 2.70. The molecule has 0 fully saturated rings. The molecule has 0 aliphatic rings. The van der Waals surface area contributed by atoms with E-state index in [9.17, 15) is 4.79 Å². The molecule has 0 saturated heterocycles. The monoisotopic (exact) mass is 392 g/mol. The highest BCUT2D eigenvalue weighted by Crippen LogP contribution is 2.24. The van der Waals surface area contributed by atoms with Crippen LogP contribution < -0.4 is 14.4 Å². The van der Waals surface area contributed by atoms with Crippen molar-refractivity contribution in [3.05, 3.63) is 76.5 Å². The number of ether oxygens (including phenoxy) is 2. The number of carbonyl (C=O) groups excluding carboxylic acids is 1. The minimum Gasteiger partial charge on any atom is -0.497 e. The van der Waals surface area contributed by atoms with E-state index in [-0.39, 0.29) is 5.91 Å². The van der Waals surface area contributed by atoms with E-state index in [1.807, 2.05) is 41.8 Å². The summed E-state index contributed by atoms with van der Waals surface area (Å²) in [4.78, 5) is 16.0. The van der Waals surface area contributed by atoms with Gasteiger partial charge >= 0.3 is 0 Å². The summed E-state index contributed by atoms with van der Waals surface area (Å²) >= 11 is 1.60. The molecule has 0 aliphatic heterocycles. The maximum atomic E-state index is 13.2. The van der Waals surface area contributed by atoms with Crippen molar-refractivity contribution in [1.82, 2.24) is 0 Å². The lowest BCUT2D eigenvalue weighted by Gasteiger charge is -2.26. The predicted octanol–water partition coefficient (Wildman–Crippen LogP) is 4.63. The molecular formula is C22H20N2O3S. The lowest BCUT2D eigenvalue weighted by molar-refractivity contribution is -0.124. The summed E-state index contributed by atoms with van der Waals surface area (Å²) in [6, 6.07) is 20.1. The first-order valence-corrected chi connectivity index (χ1v) is 9.63. The summed E-state index contributed by atoms with van der Waals surface area (Å²) < 4.78 is 11.0. The van der Waals surface area contributed by atoms with E-state index in [2.05, 4.69) is 6.07 Å². The van der Waals surface area contributed by atoms with Crippen LogP contribution in [0.1, 0.15) is 17.4 Å². The third kappa shape index (κ3) is 4.70. The molecule has 1 amide bonds. The number of hydrogen-bond acceptors (Lipinski definition) is 5. The number of carbonyl (C=O) groups is 1. The Hall–Kier alpha value is -3.30. The third-order valence-electron chi connectivity index (χ3n) is 4.19. The van der Waals surface area contributed by atoms with Gasteiger partial charge in [0.05, 0.1) is 25.3 Å². The van der Waals surface area contributed by atoms with Gasteiger partial charge in [-0.2, -0.15) is 5.26 Å². The quantitative estimate of drug-likeness (QED) is 0.588. The summed E-state index contributed by atoms with van der Waals surface area (Å²) in [5, 5.41) is 10.9. The number of benzene rings is 2. The van der Waals surface area contributed by atoms with Gasteiger partial charge in [0.15, 0.2) is 6.10 Å². The smallest absolute Gasteiger partial charge is 0.268 e. The Bertz CT molecular complexity index is 945. The van der Waals surface area contributed by atoms with Crippen molar-refractivity contribution in [2.24, 2.45) is 0 Å². The van der Waals surface area contributed by atoms with Gasteiger partial charge in [0, 0.05) is 10.6 Å². The van der Waals surface area contributed by atoms with Crippen LogP contribution in [0, 0.1) is 11.3 Å². The maximum Gasteiger partial charge on any atom is 0.268 e. The predicted molar refractivity (Wildman–Crippen MR) is 110 cm³/mol. The minimum atomic E-state index is -0.685. The second-order valence-electron chi connectivity index (χ2n) is 6.10. The highest BCUT2D eigenvalue weighted by atomic mass is 32.1. The van der Waals surface area contributed by atoms with Crippen molar-refractivity contribution < 1.29 is 14.3 Å². The van der Waals surface area contributed by atoms with Gasteiger partial charge in [-0.15, -0.1) is 11.3 Å². The van der Waals surface area contributed by atoms with E-state index in [1.165, 1.54) is 0 Å². The molecule has 0 spiro atoms. The van der Waals surface area contributed by atoms with Crippen LogP contribution in [0.3, 0.4) is 0 Å². The van der Waals surface area contributed by atoms with E-state index < -0.39 is 6.10 Å². The zero-order valence-corrected chi connectivity index (χ0v) is 16.5. The summed E-state index contributed by atoms with van der Waals surface area (Å²) in [6.45, 7) is 2.19. The zero-order chi connectivity index (χ0) is 19.9. The van der Waals surface area contributed by atoms with Crippen molar-refractivity contribution >= 4 is 22.9 Å². The van der Waals surface area contributed by atoms with Crippen molar-refractivity contribution in [1.29, 1.82) is 5.26 Å². The number of nitriles is 1. The van der Waals surface area contributed by atoms with Crippen LogP contribution in [-0.2, 0) is 11.3 Å². The fraction of sp³-hybridized carbons (Fsp3) is 0.182. The van der Waals surface area contributed by atoms with Gasteiger partial charge in [-0.25, -0.2) is 0 Å². The Morgan fingerprint density at radius 2 is 1.79 bits per heavy atom. The molecule has 5 nitrogen and oxygen atoms in total. The Morgan fingerprint density at radius 3 is 2.36 bits per heavy atom. The van der Waals surface area contributed by atoms with Gasteiger partial charge in [-0.3, -0.25) is 4.79 Å². The lowest BCUT2D eigenvalue weighted by Crippen LogP contribution is -2.40. The van der Waals surface area contributed by atoms with Crippen molar-refractivity contribution in [3.63, 3.8) is 0 Å². The molecule has 3 rings (SSSR count). The summed E-state index contributed by atoms with van der Waals surface area (Å²) in [5.41, 5.74) is 1.32. The molecule has 3 aromatic rings. The highest BCUT2D eigenvalue weighted by molar-refractivity contribution is 7.09. The van der Waals surface area contributed by atoms with Gasteiger partial charge in [-0.1, -0.05) is 6.07 Å². The number of nitrogens with zero attached hydrogens (tertiary/aromatic N) is 2. The molecule has 1 unspecified atom stereocenters. The van der Waals surface area contributed by atoms with Gasteiger partial charge in [0.25, 0.3) is 5.91 Å². The van der Waals surface area contributed by atoms with Crippen LogP contribution in [0.2, 0.25) is 0 Å². The number of anilines is 1. The highest BCUT2D eigenvalue weighted by Gasteiger charge is 2.24. The van der Waals surface area contributed by atoms with E-state index in [1.54, 1.807) is 54.5 Å². The number of thiophene rings is 1. The van der Waals surface area contributed by atoms with Crippen LogP contribution in [0.15, 0.2) is 66.0 Å². The zero-order valence-electron chi connectivity index (χ0n) is 15.7. The number of methoxy groups -OCH3 is 1.